The molecule has 5 heterocycles. The molecule has 0 fully saturated rings. The van der Waals surface area contributed by atoms with Gasteiger partial charge in [0.2, 0.25) is 0 Å². The number of benzene rings is 7. The van der Waals surface area contributed by atoms with Crippen LogP contribution in [-0.4, -0.2) is 112 Å². The number of aliphatic hydroxyl groups is 2. The molecule has 0 saturated carbocycles. The van der Waals surface area contributed by atoms with Crippen molar-refractivity contribution in [2.45, 2.75) is 105 Å². The van der Waals surface area contributed by atoms with Gasteiger partial charge in [0.1, 0.15) is 29.0 Å². The van der Waals surface area contributed by atoms with Crippen LogP contribution in [0, 0.1) is 0 Å². The number of rotatable bonds is 32. The van der Waals surface area contributed by atoms with E-state index in [1.54, 1.807) is 21.0 Å². The third kappa shape index (κ3) is 17.0. The number of aryl methyl sites for hydroxylation is 2. The highest BCUT2D eigenvalue weighted by Gasteiger charge is 2.22. The number of nitrogens with one attached hydrogen (secondary N) is 3. The van der Waals surface area contributed by atoms with E-state index < -0.39 is 0 Å². The second-order valence-corrected chi connectivity index (χ2v) is 24.5. The number of ether oxygens (including phenoxy) is 1. The lowest BCUT2D eigenvalue weighted by Gasteiger charge is -2.24. The smallest absolute Gasteiger partial charge is 0.141 e. The molecule has 2 unspecified atom stereocenters. The predicted octanol–water partition coefficient (Wildman–Crippen LogP) is 13.7. The van der Waals surface area contributed by atoms with E-state index in [0.29, 0.717) is 45.6 Å². The molecular formula is C78H87N13O5. The van der Waals surface area contributed by atoms with Crippen molar-refractivity contribution < 1.29 is 24.5 Å². The maximum atomic E-state index is 12.4. The topological polar surface area (TPSA) is 209 Å². The van der Waals surface area contributed by atoms with Crippen LogP contribution < -0.4 is 25.2 Å². The Morgan fingerprint density at radius 2 is 1.14 bits per heavy atom. The number of carbonyl (C=O) groups excluding carboxylic acids is 2. The van der Waals surface area contributed by atoms with Crippen molar-refractivity contribution in [1.29, 1.82) is 0 Å². The van der Waals surface area contributed by atoms with Crippen LogP contribution in [0.4, 0.5) is 11.4 Å². The minimum atomic E-state index is -0.188. The summed E-state index contributed by atoms with van der Waals surface area (Å²) >= 11 is 0. The first-order valence-corrected chi connectivity index (χ1v) is 33.4. The lowest BCUT2D eigenvalue weighted by molar-refractivity contribution is -0.118. The van der Waals surface area contributed by atoms with E-state index in [1.807, 2.05) is 103 Å². The fraction of sp³-hybridized carbons (Fsp3) is 0.295. The van der Waals surface area contributed by atoms with Gasteiger partial charge in [-0.25, -0.2) is 15.0 Å². The van der Waals surface area contributed by atoms with E-state index in [1.165, 1.54) is 5.69 Å². The number of ketones is 2. The number of hydrogen-bond donors (Lipinski definition) is 5. The van der Waals surface area contributed by atoms with Gasteiger partial charge >= 0.3 is 0 Å². The monoisotopic (exact) mass is 1290 g/mol. The van der Waals surface area contributed by atoms with E-state index in [9.17, 15) is 19.8 Å². The summed E-state index contributed by atoms with van der Waals surface area (Å²) in [5, 5.41) is 34.5. The molecule has 7 aromatic carbocycles. The van der Waals surface area contributed by atoms with Gasteiger partial charge in [-0.05, 0) is 181 Å². The van der Waals surface area contributed by atoms with Crippen molar-refractivity contribution in [2.24, 2.45) is 0 Å². The molecule has 0 aliphatic rings. The maximum Gasteiger partial charge on any atom is 0.141 e. The zero-order valence-corrected chi connectivity index (χ0v) is 55.6. The van der Waals surface area contributed by atoms with Crippen molar-refractivity contribution in [3.8, 4) is 39.7 Å². The van der Waals surface area contributed by atoms with Gasteiger partial charge < -0.3 is 49.1 Å². The number of pyridine rings is 1. The molecule has 12 aromatic rings. The van der Waals surface area contributed by atoms with Crippen LogP contribution in [-0.2, 0) is 42.3 Å². The van der Waals surface area contributed by atoms with Crippen LogP contribution in [0.5, 0.6) is 5.75 Å². The third-order valence-corrected chi connectivity index (χ3v) is 17.5. The Morgan fingerprint density at radius 1 is 0.573 bits per heavy atom. The predicted molar refractivity (Wildman–Crippen MR) is 384 cm³/mol. The normalized spacial score (nSPS) is 12.0. The molecule has 0 bridgehead atoms. The lowest BCUT2D eigenvalue weighted by Crippen LogP contribution is -2.29. The first-order valence-electron chi connectivity index (χ1n) is 33.4. The number of Topliss-reactive ketones (excluding diaryl/α,β-unsaturated/α-hetero) is 2. The number of aliphatic hydroxyl groups excluding tert-OH is 2. The number of anilines is 2. The Kier molecular flexibility index (Phi) is 23.0. The average molecular weight is 1290 g/mol. The molecule has 0 aliphatic heterocycles. The summed E-state index contributed by atoms with van der Waals surface area (Å²) in [6.07, 6.45) is 15.1. The summed E-state index contributed by atoms with van der Waals surface area (Å²) in [7, 11) is 1.67. The highest BCUT2D eigenvalue weighted by molar-refractivity contribution is 5.84. The van der Waals surface area contributed by atoms with Crippen LogP contribution in [0.25, 0.3) is 66.9 Å². The number of carbonyl (C=O) groups is 2. The van der Waals surface area contributed by atoms with Crippen LogP contribution in [0.3, 0.4) is 0 Å². The van der Waals surface area contributed by atoms with E-state index in [0.717, 1.165) is 152 Å². The second kappa shape index (κ2) is 32.8. The van der Waals surface area contributed by atoms with Crippen molar-refractivity contribution in [3.05, 3.63) is 229 Å². The molecule has 494 valence electrons. The Hall–Kier alpha value is -10.1. The fourth-order valence-corrected chi connectivity index (χ4v) is 12.6. The molecule has 0 radical (unpaired) electrons. The average Bonchev–Trinajstić information content (AvgIpc) is 1.63. The van der Waals surface area contributed by atoms with E-state index in [2.05, 4.69) is 166 Å². The zero-order valence-electron chi connectivity index (χ0n) is 55.6. The molecule has 0 aliphatic carbocycles. The van der Waals surface area contributed by atoms with Gasteiger partial charge in [0.05, 0.1) is 60.4 Å². The Balaban J connectivity index is 0.000000195. The van der Waals surface area contributed by atoms with Gasteiger partial charge in [0.15, 0.2) is 0 Å². The number of hydrogen-bond acceptors (Lipinski definition) is 14. The van der Waals surface area contributed by atoms with Crippen molar-refractivity contribution in [2.75, 3.05) is 56.3 Å². The highest BCUT2D eigenvalue weighted by Crippen LogP contribution is 2.34. The molecule has 18 heteroatoms. The van der Waals surface area contributed by atoms with Crippen LogP contribution in [0.15, 0.2) is 201 Å². The summed E-state index contributed by atoms with van der Waals surface area (Å²) in [6.45, 7) is 14.3. The number of imidazole rings is 3. The van der Waals surface area contributed by atoms with Crippen LogP contribution in [0.2, 0.25) is 0 Å². The SMILES string of the molecule is CCCN(CCC)c1ccc(-c2nc3cc(C(CC(C)=O)NCc4ccc(-c5ccncc5)cc4)ccc3n2CCCn2ccnc2)cc1.COc1cccc(Cn2c(-c3ccc(N(CCO)CCO)cc3)nc3cc(C(CC(C)=O)NCc4ccc5[nH]ncc5c4)ccc32)c1. The first kappa shape index (κ1) is 67.3. The van der Waals surface area contributed by atoms with Crippen LogP contribution >= 0.6 is 0 Å². The number of aromatic amines is 1. The number of methoxy groups -OCH3 is 1. The van der Waals surface area contributed by atoms with Gasteiger partial charge in [0, 0.05) is 137 Å². The van der Waals surface area contributed by atoms with Gasteiger partial charge in [-0.15, -0.1) is 0 Å². The first-order chi connectivity index (χ1) is 47.0. The largest absolute Gasteiger partial charge is 0.497 e. The Bertz CT molecular complexity index is 4440. The number of H-pyrrole nitrogens is 1. The van der Waals surface area contributed by atoms with Gasteiger partial charge in [-0.3, -0.25) is 19.7 Å². The molecule has 5 N–H and O–H groups in total. The van der Waals surface area contributed by atoms with E-state index in [-0.39, 0.29) is 36.9 Å². The summed E-state index contributed by atoms with van der Waals surface area (Å²) in [5.41, 5.74) is 16.8. The second-order valence-electron chi connectivity index (χ2n) is 24.5. The number of aromatic nitrogens is 9. The standard InChI is InChI=1S/C41H47N7O.C37H40N6O4/c1-4-22-47(23-5-2)37-14-11-35(12-15-37)41-45-39-28-36(13-16-40(39)48(41)25-6-24-46-26-21-43-30-46)38(27-31(3)49)44-29-32-7-9-33(10-8-32)34-17-19-42-20-18-34;1-25(46)18-34(38-22-26-6-12-33-30(19-26)23-39-41-33)29-9-13-36-35(21-29)40-37(43(36)24-27-4-3-5-32(20-27)47-2)28-7-10-31(11-8-28)42(14-16-44)15-17-45/h7-21,26,28,30,38,44H,4-6,22-25,27,29H2,1-3H3;3-13,19-21,23,34,38,44-45H,14-18,22,24H2,1-2H3,(H,39,41). The van der Waals surface area contributed by atoms with Gasteiger partial charge in [0.25, 0.3) is 0 Å². The molecule has 5 aromatic heterocycles. The quantitative estimate of drug-likeness (QED) is 0.0266. The Labute approximate surface area is 561 Å². The minimum Gasteiger partial charge on any atom is -0.497 e. The van der Waals surface area contributed by atoms with Gasteiger partial charge in [-0.1, -0.05) is 68.4 Å². The molecule has 0 spiro atoms. The van der Waals surface area contributed by atoms with Gasteiger partial charge in [-0.2, -0.15) is 5.10 Å². The zero-order chi connectivity index (χ0) is 66.8. The van der Waals surface area contributed by atoms with Crippen LogP contribution in [0.1, 0.15) is 99.7 Å². The molecule has 0 saturated heterocycles. The number of fused-ring (bicyclic) bond motifs is 3. The summed E-state index contributed by atoms with van der Waals surface area (Å²) in [5.74, 6) is 2.82. The summed E-state index contributed by atoms with van der Waals surface area (Å²) in [6, 6.07) is 56.2. The van der Waals surface area contributed by atoms with E-state index in [4.69, 9.17) is 14.7 Å². The molecule has 2 atom stereocenters. The van der Waals surface area contributed by atoms with E-state index >= 15 is 0 Å². The summed E-state index contributed by atoms with van der Waals surface area (Å²) in [4.78, 5) is 48.0. The van der Waals surface area contributed by atoms with Crippen molar-refractivity contribution in [1.82, 2.24) is 54.5 Å². The highest BCUT2D eigenvalue weighted by atomic mass is 16.5. The minimum absolute atomic E-state index is 0.000478. The van der Waals surface area contributed by atoms with Crippen molar-refractivity contribution in [3.63, 3.8) is 0 Å². The molecule has 18 nitrogen and oxygen atoms in total. The third-order valence-electron chi connectivity index (χ3n) is 17.5. The fourth-order valence-electron chi connectivity index (χ4n) is 12.6. The maximum absolute atomic E-state index is 12.4. The van der Waals surface area contributed by atoms with Crippen molar-refractivity contribution >= 4 is 55.9 Å². The lowest BCUT2D eigenvalue weighted by atomic mass is 10.00. The molecular weight excluding hydrogens is 1200 g/mol. The summed E-state index contributed by atoms with van der Waals surface area (Å²) < 4.78 is 12.2. The molecule has 12 rings (SSSR count). The molecule has 96 heavy (non-hydrogen) atoms. The number of nitrogens with zero attached hydrogens (tertiary/aromatic N) is 10. The Morgan fingerprint density at radius 3 is 1.71 bits per heavy atom. The molecule has 0 amide bonds.